The Labute approximate surface area is 80.3 Å². The fourth-order valence-corrected chi connectivity index (χ4v) is 1.39. The molecule has 0 aliphatic carbocycles. The van der Waals surface area contributed by atoms with Crippen molar-refractivity contribution in [3.8, 4) is 5.40 Å². The van der Waals surface area contributed by atoms with Crippen molar-refractivity contribution in [3.05, 3.63) is 29.8 Å². The summed E-state index contributed by atoms with van der Waals surface area (Å²) in [6.07, 6.45) is 0. The molecule has 13 heavy (non-hydrogen) atoms. The van der Waals surface area contributed by atoms with Crippen molar-refractivity contribution >= 4 is 17.7 Å². The van der Waals surface area contributed by atoms with Crippen molar-refractivity contribution in [2.75, 3.05) is 7.11 Å². The van der Waals surface area contributed by atoms with Gasteiger partial charge in [0, 0.05) is 4.90 Å². The first-order chi connectivity index (χ1) is 6.29. The summed E-state index contributed by atoms with van der Waals surface area (Å²) in [7, 11) is 1.32. The molecule has 0 saturated heterocycles. The van der Waals surface area contributed by atoms with E-state index in [2.05, 4.69) is 4.74 Å². The van der Waals surface area contributed by atoms with E-state index in [1.165, 1.54) is 7.11 Å². The Hall–Kier alpha value is -1.47. The average molecular weight is 193 g/mol. The third kappa shape index (κ3) is 2.23. The number of ether oxygens (including phenoxy) is 1. The fraction of sp³-hybridized carbons (Fsp3) is 0.111. The van der Waals surface area contributed by atoms with Crippen molar-refractivity contribution in [3.63, 3.8) is 0 Å². The summed E-state index contributed by atoms with van der Waals surface area (Å²) >= 11 is 0.950. The standard InChI is InChI=1S/C9H7NO2S/c1-12-9(11)7-4-2-3-5-8(7)13-6-10/h2-5H,1H3. The van der Waals surface area contributed by atoms with Gasteiger partial charge in [-0.2, -0.15) is 5.26 Å². The van der Waals surface area contributed by atoms with Crippen molar-refractivity contribution in [1.29, 1.82) is 5.26 Å². The number of thiocyanates is 1. The lowest BCUT2D eigenvalue weighted by atomic mass is 10.2. The van der Waals surface area contributed by atoms with Crippen LogP contribution in [-0.2, 0) is 4.74 Å². The molecule has 0 amide bonds. The van der Waals surface area contributed by atoms with Gasteiger partial charge in [0.25, 0.3) is 0 Å². The average Bonchev–Trinajstić information content (AvgIpc) is 2.18. The number of rotatable bonds is 2. The van der Waals surface area contributed by atoms with E-state index in [4.69, 9.17) is 5.26 Å². The first-order valence-corrected chi connectivity index (χ1v) is 4.34. The molecule has 0 spiro atoms. The molecule has 1 rings (SSSR count). The molecule has 0 atom stereocenters. The highest BCUT2D eigenvalue weighted by Crippen LogP contribution is 2.21. The normalized spacial score (nSPS) is 8.92. The zero-order valence-electron chi connectivity index (χ0n) is 6.98. The van der Waals surface area contributed by atoms with Gasteiger partial charge in [0.05, 0.1) is 12.7 Å². The van der Waals surface area contributed by atoms with Gasteiger partial charge in [0.2, 0.25) is 0 Å². The van der Waals surface area contributed by atoms with Crippen LogP contribution in [0.3, 0.4) is 0 Å². The number of carbonyl (C=O) groups is 1. The number of hydrogen-bond donors (Lipinski definition) is 0. The topological polar surface area (TPSA) is 50.1 Å². The Balaban J connectivity index is 3.05. The van der Waals surface area contributed by atoms with Crippen LogP contribution in [0, 0.1) is 10.7 Å². The second-order valence-corrected chi connectivity index (χ2v) is 3.01. The number of benzene rings is 1. The molecule has 66 valence electrons. The molecule has 0 radical (unpaired) electrons. The summed E-state index contributed by atoms with van der Waals surface area (Å²) in [6, 6.07) is 6.84. The summed E-state index contributed by atoms with van der Waals surface area (Å²) in [4.78, 5) is 11.8. The van der Waals surface area contributed by atoms with E-state index in [1.54, 1.807) is 24.3 Å². The van der Waals surface area contributed by atoms with E-state index in [0.29, 0.717) is 10.5 Å². The van der Waals surface area contributed by atoms with E-state index in [-0.39, 0.29) is 0 Å². The number of hydrogen-bond acceptors (Lipinski definition) is 4. The zero-order valence-corrected chi connectivity index (χ0v) is 7.80. The van der Waals surface area contributed by atoms with Crippen LogP contribution in [0.15, 0.2) is 29.2 Å². The van der Waals surface area contributed by atoms with Crippen molar-refractivity contribution < 1.29 is 9.53 Å². The lowest BCUT2D eigenvalue weighted by Gasteiger charge is -2.02. The van der Waals surface area contributed by atoms with Crippen LogP contribution in [0.1, 0.15) is 10.4 Å². The molecule has 0 N–H and O–H groups in total. The highest BCUT2D eigenvalue weighted by atomic mass is 32.2. The van der Waals surface area contributed by atoms with E-state index < -0.39 is 5.97 Å². The first kappa shape index (κ1) is 9.62. The van der Waals surface area contributed by atoms with Gasteiger partial charge in [-0.15, -0.1) is 0 Å². The molecule has 1 aromatic carbocycles. The van der Waals surface area contributed by atoms with Crippen LogP contribution in [0.2, 0.25) is 0 Å². The molecule has 0 fully saturated rings. The molecule has 0 aromatic heterocycles. The van der Waals surface area contributed by atoms with Crippen molar-refractivity contribution in [2.24, 2.45) is 0 Å². The summed E-state index contributed by atoms with van der Waals surface area (Å²) in [5, 5.41) is 10.4. The predicted octanol–water partition coefficient (Wildman–Crippen LogP) is 2.05. The molecule has 1 aromatic rings. The Kier molecular flexibility index (Phi) is 3.35. The molecular weight excluding hydrogens is 186 g/mol. The second-order valence-electron chi connectivity index (χ2n) is 2.18. The fourth-order valence-electron chi connectivity index (χ4n) is 0.883. The van der Waals surface area contributed by atoms with E-state index in [9.17, 15) is 4.79 Å². The summed E-state index contributed by atoms with van der Waals surface area (Å²) in [5.41, 5.74) is 0.427. The summed E-state index contributed by atoms with van der Waals surface area (Å²) in [6.45, 7) is 0. The predicted molar refractivity (Wildman–Crippen MR) is 49.3 cm³/mol. The number of carbonyl (C=O) groups excluding carboxylic acids is 1. The Morgan fingerprint density at radius 2 is 2.23 bits per heavy atom. The molecule has 4 heteroatoms. The maximum atomic E-state index is 11.2. The number of esters is 1. The minimum atomic E-state index is -0.418. The van der Waals surface area contributed by atoms with Crippen LogP contribution >= 0.6 is 11.8 Å². The van der Waals surface area contributed by atoms with Gasteiger partial charge in [-0.3, -0.25) is 0 Å². The third-order valence-electron chi connectivity index (χ3n) is 1.45. The van der Waals surface area contributed by atoms with E-state index in [1.807, 2.05) is 5.40 Å². The number of thioether (sulfide) groups is 1. The molecule has 0 saturated carbocycles. The monoisotopic (exact) mass is 193 g/mol. The second kappa shape index (κ2) is 4.53. The Morgan fingerprint density at radius 1 is 1.54 bits per heavy atom. The van der Waals surface area contributed by atoms with Gasteiger partial charge in [0.1, 0.15) is 5.40 Å². The summed E-state index contributed by atoms with van der Waals surface area (Å²) < 4.78 is 4.56. The SMILES string of the molecule is COC(=O)c1ccccc1SC#N. The Morgan fingerprint density at radius 3 is 2.85 bits per heavy atom. The van der Waals surface area contributed by atoms with Gasteiger partial charge in [-0.1, -0.05) is 12.1 Å². The zero-order chi connectivity index (χ0) is 9.68. The molecule has 0 bridgehead atoms. The molecule has 0 heterocycles. The molecule has 0 unspecified atom stereocenters. The lowest BCUT2D eigenvalue weighted by Crippen LogP contribution is -2.02. The van der Waals surface area contributed by atoms with Gasteiger partial charge >= 0.3 is 5.97 Å². The van der Waals surface area contributed by atoms with Gasteiger partial charge in [-0.25, -0.2) is 4.79 Å². The van der Waals surface area contributed by atoms with E-state index >= 15 is 0 Å². The first-order valence-electron chi connectivity index (χ1n) is 3.53. The molecular formula is C9H7NO2S. The van der Waals surface area contributed by atoms with Gasteiger partial charge in [0.15, 0.2) is 0 Å². The number of nitrogens with zero attached hydrogens (tertiary/aromatic N) is 1. The quantitative estimate of drug-likeness (QED) is 0.409. The smallest absolute Gasteiger partial charge is 0.339 e. The summed E-state index contributed by atoms with van der Waals surface area (Å²) in [5.74, 6) is -0.418. The van der Waals surface area contributed by atoms with Crippen LogP contribution in [-0.4, -0.2) is 13.1 Å². The minimum absolute atomic E-state index is 0.418. The largest absolute Gasteiger partial charge is 0.465 e. The van der Waals surface area contributed by atoms with Crippen molar-refractivity contribution in [2.45, 2.75) is 4.90 Å². The van der Waals surface area contributed by atoms with Crippen LogP contribution in [0.4, 0.5) is 0 Å². The molecule has 3 nitrogen and oxygen atoms in total. The van der Waals surface area contributed by atoms with Gasteiger partial charge in [-0.05, 0) is 23.9 Å². The number of nitriles is 1. The maximum absolute atomic E-state index is 11.2. The maximum Gasteiger partial charge on any atom is 0.339 e. The highest BCUT2D eigenvalue weighted by molar-refractivity contribution is 8.03. The third-order valence-corrected chi connectivity index (χ3v) is 2.12. The van der Waals surface area contributed by atoms with Crippen LogP contribution in [0.5, 0.6) is 0 Å². The number of methoxy groups -OCH3 is 1. The van der Waals surface area contributed by atoms with Crippen LogP contribution < -0.4 is 0 Å². The Bertz CT molecular complexity index is 357. The molecule has 0 aliphatic rings. The van der Waals surface area contributed by atoms with Crippen molar-refractivity contribution in [1.82, 2.24) is 0 Å². The van der Waals surface area contributed by atoms with Gasteiger partial charge < -0.3 is 4.74 Å². The highest BCUT2D eigenvalue weighted by Gasteiger charge is 2.10. The van der Waals surface area contributed by atoms with Crippen LogP contribution in [0.25, 0.3) is 0 Å². The minimum Gasteiger partial charge on any atom is -0.465 e. The molecule has 0 aliphatic heterocycles. The van der Waals surface area contributed by atoms with E-state index in [0.717, 1.165) is 11.8 Å². The lowest BCUT2D eigenvalue weighted by molar-refractivity contribution is 0.0597.